The van der Waals surface area contributed by atoms with E-state index in [1.807, 2.05) is 0 Å². The summed E-state index contributed by atoms with van der Waals surface area (Å²) in [5.41, 5.74) is 0.769. The van der Waals surface area contributed by atoms with Crippen molar-refractivity contribution >= 4 is 24.1 Å². The summed E-state index contributed by atoms with van der Waals surface area (Å²) in [5, 5.41) is 19.6. The van der Waals surface area contributed by atoms with Gasteiger partial charge in [0.05, 0.1) is 38.0 Å². The molecule has 12 heteroatoms. The maximum atomic E-state index is 12.5. The second-order valence-corrected chi connectivity index (χ2v) is 9.26. The van der Waals surface area contributed by atoms with Gasteiger partial charge in [-0.3, -0.25) is 14.7 Å². The molecule has 4 fully saturated rings. The van der Waals surface area contributed by atoms with Crippen LogP contribution in [-0.4, -0.2) is 83.6 Å². The predicted octanol–water partition coefficient (Wildman–Crippen LogP) is 2.20. The number of aromatic nitrogens is 2. The summed E-state index contributed by atoms with van der Waals surface area (Å²) < 4.78 is 21.8. The van der Waals surface area contributed by atoms with Crippen molar-refractivity contribution in [1.82, 2.24) is 15.1 Å². The summed E-state index contributed by atoms with van der Waals surface area (Å²) in [4.78, 5) is 37.8. The molecule has 2 amide bonds. The first-order chi connectivity index (χ1) is 17.4. The number of phenolic OH excluding ortho intramolecular Hbond substituents is 1. The first-order valence-electron chi connectivity index (χ1n) is 11.9. The molecule has 3 saturated heterocycles. The summed E-state index contributed by atoms with van der Waals surface area (Å²) in [5.74, 6) is -0.0263. The molecule has 12 nitrogen and oxygen atoms in total. The van der Waals surface area contributed by atoms with Crippen LogP contribution < -0.4 is 14.8 Å². The molecule has 1 aromatic carbocycles. The fourth-order valence-corrected chi connectivity index (χ4v) is 4.93. The molecule has 1 saturated carbocycles. The zero-order valence-corrected chi connectivity index (χ0v) is 19.8. The van der Waals surface area contributed by atoms with E-state index in [0.717, 1.165) is 25.0 Å². The van der Waals surface area contributed by atoms with E-state index in [1.54, 1.807) is 11.0 Å². The van der Waals surface area contributed by atoms with Gasteiger partial charge in [-0.05, 0) is 19.3 Å². The molecule has 2 bridgehead atoms. The Bertz CT molecular complexity index is 1140. The van der Waals surface area contributed by atoms with Crippen LogP contribution >= 0.6 is 0 Å². The Kier molecular flexibility index (Phi) is 6.68. The number of methoxy groups -OCH3 is 1. The minimum atomic E-state index is -0.492. The van der Waals surface area contributed by atoms with Gasteiger partial charge in [0, 0.05) is 36.2 Å². The highest BCUT2D eigenvalue weighted by Crippen LogP contribution is 2.37. The predicted molar refractivity (Wildman–Crippen MR) is 124 cm³/mol. The van der Waals surface area contributed by atoms with Crippen LogP contribution in [0.5, 0.6) is 17.2 Å². The number of nitrogens with one attached hydrogen (secondary N) is 2. The summed E-state index contributed by atoms with van der Waals surface area (Å²) >= 11 is 0. The Morgan fingerprint density at radius 1 is 1.25 bits per heavy atom. The number of anilines is 1. The second kappa shape index (κ2) is 10.1. The van der Waals surface area contributed by atoms with Gasteiger partial charge in [0.25, 0.3) is 5.91 Å². The van der Waals surface area contributed by atoms with Crippen molar-refractivity contribution in [2.75, 3.05) is 32.1 Å². The van der Waals surface area contributed by atoms with Gasteiger partial charge in [-0.2, -0.15) is 5.10 Å². The van der Waals surface area contributed by atoms with Gasteiger partial charge in [0.2, 0.25) is 0 Å². The van der Waals surface area contributed by atoms with Crippen molar-refractivity contribution in [3.8, 4) is 17.2 Å². The number of ether oxygens (including phenoxy) is 4. The number of hydrogen-bond acceptors (Lipinski definition) is 9. The minimum Gasteiger partial charge on any atom is -0.507 e. The Hall–Kier alpha value is -3.80. The maximum absolute atomic E-state index is 12.5. The molecule has 2 aromatic rings. The lowest BCUT2D eigenvalue weighted by Gasteiger charge is -2.46. The van der Waals surface area contributed by atoms with E-state index in [4.69, 9.17) is 18.9 Å². The van der Waals surface area contributed by atoms with E-state index in [1.165, 1.54) is 19.2 Å². The summed E-state index contributed by atoms with van der Waals surface area (Å²) in [6.45, 7) is 0.781. The molecule has 1 aliphatic carbocycles. The molecule has 6 rings (SSSR count). The number of rotatable bonds is 8. The summed E-state index contributed by atoms with van der Waals surface area (Å²) in [6.07, 6.45) is 3.57. The summed E-state index contributed by atoms with van der Waals surface area (Å²) in [6, 6.07) is 4.44. The SMILES string of the molecule is COc1cc(O)c(C=O)c(OCC(=O)Nc2cc([C@H]3CC[C@@H](OC(=O)N4CC5CC(C4)O5)C3)[nH]n2)c1. The standard InChI is InChI=1S/C24H28N4O8/c1-33-15-6-20(30)18(11-29)21(7-15)34-12-23(31)25-22-8-19(26-27-22)13-2-3-14(4-13)36-24(32)28-9-16-5-17(10-28)35-16/h6-8,11,13-14,16-17,30H,2-5,9-10,12H2,1H3,(H2,25,26,27,31)/t13-,14+,16?,17?/m0/s1. The zero-order valence-electron chi connectivity index (χ0n) is 19.8. The largest absolute Gasteiger partial charge is 0.507 e. The summed E-state index contributed by atoms with van der Waals surface area (Å²) in [7, 11) is 1.41. The van der Waals surface area contributed by atoms with Crippen LogP contribution in [0.3, 0.4) is 0 Å². The van der Waals surface area contributed by atoms with Crippen molar-refractivity contribution in [1.29, 1.82) is 0 Å². The van der Waals surface area contributed by atoms with E-state index in [-0.39, 0.29) is 53.1 Å². The van der Waals surface area contributed by atoms with Gasteiger partial charge in [-0.1, -0.05) is 0 Å². The smallest absolute Gasteiger partial charge is 0.410 e. The minimum absolute atomic E-state index is 0.0281. The molecular weight excluding hydrogens is 472 g/mol. The topological polar surface area (TPSA) is 152 Å². The van der Waals surface area contributed by atoms with Crippen molar-refractivity contribution in [2.45, 2.75) is 49.9 Å². The van der Waals surface area contributed by atoms with Gasteiger partial charge in [-0.15, -0.1) is 0 Å². The molecule has 0 radical (unpaired) electrons. The molecule has 4 atom stereocenters. The van der Waals surface area contributed by atoms with Crippen LogP contribution in [0.1, 0.15) is 47.7 Å². The van der Waals surface area contributed by atoms with Gasteiger partial charge in [-0.25, -0.2) is 4.79 Å². The molecule has 2 unspecified atom stereocenters. The van der Waals surface area contributed by atoms with Gasteiger partial charge < -0.3 is 34.3 Å². The average molecular weight is 501 g/mol. The van der Waals surface area contributed by atoms with Crippen molar-refractivity contribution < 1.29 is 38.4 Å². The lowest BCUT2D eigenvalue weighted by Crippen LogP contribution is -2.59. The lowest BCUT2D eigenvalue weighted by molar-refractivity contribution is -0.175. The highest BCUT2D eigenvalue weighted by molar-refractivity contribution is 5.91. The number of benzene rings is 1. The molecule has 4 aliphatic rings. The highest BCUT2D eigenvalue weighted by Gasteiger charge is 2.41. The fourth-order valence-electron chi connectivity index (χ4n) is 4.93. The van der Waals surface area contributed by atoms with Gasteiger partial charge >= 0.3 is 6.09 Å². The Balaban J connectivity index is 1.10. The average Bonchev–Trinajstić information content (AvgIpc) is 3.51. The number of carbonyl (C=O) groups excluding carboxylic acids is 3. The van der Waals surface area contributed by atoms with Gasteiger partial charge in [0.1, 0.15) is 23.4 Å². The van der Waals surface area contributed by atoms with E-state index in [2.05, 4.69) is 15.5 Å². The number of aromatic hydroxyl groups is 1. The van der Waals surface area contributed by atoms with Crippen LogP contribution in [-0.2, 0) is 14.3 Å². The van der Waals surface area contributed by atoms with Crippen LogP contribution in [0.15, 0.2) is 18.2 Å². The number of piperidine rings is 1. The third-order valence-electron chi connectivity index (χ3n) is 6.78. The van der Waals surface area contributed by atoms with E-state index < -0.39 is 12.5 Å². The Labute approximate surface area is 206 Å². The Morgan fingerprint density at radius 2 is 2.03 bits per heavy atom. The number of nitrogens with zero attached hydrogens (tertiary/aromatic N) is 2. The molecule has 192 valence electrons. The van der Waals surface area contributed by atoms with Crippen molar-refractivity contribution in [3.05, 3.63) is 29.5 Å². The number of carbonyl (C=O) groups is 3. The highest BCUT2D eigenvalue weighted by atomic mass is 16.6. The normalized spacial score (nSPS) is 24.5. The Morgan fingerprint density at radius 3 is 2.75 bits per heavy atom. The van der Waals surface area contributed by atoms with Crippen molar-refractivity contribution in [3.63, 3.8) is 0 Å². The van der Waals surface area contributed by atoms with E-state index >= 15 is 0 Å². The number of phenols is 1. The maximum Gasteiger partial charge on any atom is 0.410 e. The molecule has 1 aromatic heterocycles. The van der Waals surface area contributed by atoms with Crippen LogP contribution in [0.2, 0.25) is 0 Å². The number of hydrogen-bond donors (Lipinski definition) is 3. The third kappa shape index (κ3) is 5.08. The van der Waals surface area contributed by atoms with Crippen molar-refractivity contribution in [2.24, 2.45) is 0 Å². The third-order valence-corrected chi connectivity index (χ3v) is 6.78. The number of aldehydes is 1. The van der Waals surface area contributed by atoms with Gasteiger partial charge in [0.15, 0.2) is 18.7 Å². The molecule has 3 N–H and O–H groups in total. The number of amides is 2. The number of aromatic amines is 1. The molecular formula is C24H28N4O8. The van der Waals surface area contributed by atoms with Crippen LogP contribution in [0, 0.1) is 0 Å². The number of H-pyrrole nitrogens is 1. The van der Waals surface area contributed by atoms with Crippen LogP contribution in [0.25, 0.3) is 0 Å². The zero-order chi connectivity index (χ0) is 25.2. The molecule has 3 aliphatic heterocycles. The molecule has 36 heavy (non-hydrogen) atoms. The quantitative estimate of drug-likeness (QED) is 0.463. The molecule has 4 heterocycles. The number of morpholine rings is 1. The first kappa shape index (κ1) is 23.9. The second-order valence-electron chi connectivity index (χ2n) is 9.26. The van der Waals surface area contributed by atoms with E-state index in [9.17, 15) is 19.5 Å². The molecule has 0 spiro atoms. The van der Waals surface area contributed by atoms with E-state index in [0.29, 0.717) is 31.6 Å². The first-order valence-corrected chi connectivity index (χ1v) is 11.9. The number of fused-ring (bicyclic) bond motifs is 2. The lowest BCUT2D eigenvalue weighted by atomic mass is 9.99. The van der Waals surface area contributed by atoms with Crippen LogP contribution in [0.4, 0.5) is 10.6 Å². The monoisotopic (exact) mass is 500 g/mol. The fraction of sp³-hybridized carbons (Fsp3) is 0.500.